The van der Waals surface area contributed by atoms with E-state index in [9.17, 15) is 15.2 Å². The van der Waals surface area contributed by atoms with Gasteiger partial charge in [0.15, 0.2) is 0 Å². The molecule has 0 aromatic heterocycles. The molecule has 0 spiro atoms. The van der Waals surface area contributed by atoms with Crippen LogP contribution in [0.1, 0.15) is 5.56 Å². The minimum absolute atomic E-state index is 0.00489. The second-order valence-corrected chi connectivity index (χ2v) is 4.77. The Morgan fingerprint density at radius 3 is 2.50 bits per heavy atom. The van der Waals surface area contributed by atoms with Crippen LogP contribution in [-0.2, 0) is 6.54 Å². The fourth-order valence-electron chi connectivity index (χ4n) is 2.41. The van der Waals surface area contributed by atoms with Gasteiger partial charge in [-0.15, -0.1) is 0 Å². The van der Waals surface area contributed by atoms with Crippen molar-refractivity contribution in [1.82, 2.24) is 0 Å². The molecule has 98 valence electrons. The molecule has 1 fully saturated rings. The molecule has 1 aromatic rings. The molecule has 1 aromatic carbocycles. The zero-order chi connectivity index (χ0) is 13.1. The molecule has 6 heteroatoms. The number of hydrogen-bond acceptors (Lipinski definition) is 4. The molecule has 1 heterocycles. The van der Waals surface area contributed by atoms with E-state index in [-0.39, 0.29) is 18.2 Å². The minimum atomic E-state index is -0.456. The van der Waals surface area contributed by atoms with E-state index in [1.165, 1.54) is 17.0 Å². The zero-order valence-electron chi connectivity index (χ0n) is 9.95. The highest BCUT2D eigenvalue weighted by Crippen LogP contribution is 2.12. The van der Waals surface area contributed by atoms with Gasteiger partial charge in [-0.3, -0.25) is 10.1 Å². The number of nitro groups is 1. The lowest BCUT2D eigenvalue weighted by atomic mass is 10.1. The Hall–Kier alpha value is -1.50. The van der Waals surface area contributed by atoms with Crippen LogP contribution in [0.2, 0.25) is 0 Å². The average molecular weight is 253 g/mol. The van der Waals surface area contributed by atoms with Crippen LogP contribution in [-0.4, -0.2) is 40.9 Å². The number of quaternary nitrogens is 1. The maximum absolute atomic E-state index is 10.5. The molecule has 2 rings (SSSR count). The number of non-ortho nitro benzene ring substituents is 1. The molecule has 18 heavy (non-hydrogen) atoms. The second-order valence-electron chi connectivity index (χ2n) is 4.77. The van der Waals surface area contributed by atoms with Gasteiger partial charge in [0.1, 0.15) is 19.2 Å². The molecule has 2 unspecified atom stereocenters. The highest BCUT2D eigenvalue weighted by molar-refractivity contribution is 5.32. The van der Waals surface area contributed by atoms with Gasteiger partial charge in [-0.1, -0.05) is 0 Å². The van der Waals surface area contributed by atoms with E-state index < -0.39 is 11.0 Å². The van der Waals surface area contributed by atoms with Crippen LogP contribution in [0.4, 0.5) is 5.69 Å². The normalized spacial score (nSPS) is 27.3. The van der Waals surface area contributed by atoms with Gasteiger partial charge in [-0.2, -0.15) is 0 Å². The van der Waals surface area contributed by atoms with Gasteiger partial charge in [0.05, 0.1) is 24.0 Å². The van der Waals surface area contributed by atoms with Crippen LogP contribution < -0.4 is 4.90 Å². The molecule has 0 saturated carbocycles. The first-order valence-electron chi connectivity index (χ1n) is 5.96. The number of nitro benzene ring substituents is 1. The van der Waals surface area contributed by atoms with Gasteiger partial charge in [-0.05, 0) is 12.1 Å². The second kappa shape index (κ2) is 5.43. The molecule has 6 nitrogen and oxygen atoms in total. The van der Waals surface area contributed by atoms with Crippen LogP contribution >= 0.6 is 0 Å². The number of rotatable bonds is 4. The van der Waals surface area contributed by atoms with Gasteiger partial charge in [-0.25, -0.2) is 0 Å². The van der Waals surface area contributed by atoms with Crippen molar-refractivity contribution in [3.63, 3.8) is 0 Å². The van der Waals surface area contributed by atoms with E-state index in [1.54, 1.807) is 12.1 Å². The Morgan fingerprint density at radius 1 is 1.33 bits per heavy atom. The summed E-state index contributed by atoms with van der Waals surface area (Å²) in [5.74, 6) is -0.0574. The quantitative estimate of drug-likeness (QED) is 0.472. The molecule has 0 radical (unpaired) electrons. The summed E-state index contributed by atoms with van der Waals surface area (Å²) in [4.78, 5) is 11.3. The van der Waals surface area contributed by atoms with Gasteiger partial charge >= 0.3 is 0 Å². The molecular weight excluding hydrogens is 236 g/mol. The van der Waals surface area contributed by atoms with Crippen LogP contribution in [0.3, 0.4) is 0 Å². The number of aliphatic hydroxyl groups is 2. The van der Waals surface area contributed by atoms with Crippen molar-refractivity contribution in [2.24, 2.45) is 5.92 Å². The summed E-state index contributed by atoms with van der Waals surface area (Å²) in [6.07, 6.45) is -0.456. The van der Waals surface area contributed by atoms with E-state index in [2.05, 4.69) is 0 Å². The average Bonchev–Trinajstić information content (AvgIpc) is 2.70. The third kappa shape index (κ3) is 2.84. The van der Waals surface area contributed by atoms with Crippen molar-refractivity contribution in [3.05, 3.63) is 39.9 Å². The van der Waals surface area contributed by atoms with Crippen LogP contribution in [0.25, 0.3) is 0 Å². The van der Waals surface area contributed by atoms with E-state index in [4.69, 9.17) is 5.11 Å². The first-order valence-corrected chi connectivity index (χ1v) is 5.96. The van der Waals surface area contributed by atoms with Crippen molar-refractivity contribution in [3.8, 4) is 0 Å². The van der Waals surface area contributed by atoms with Crippen molar-refractivity contribution >= 4 is 5.69 Å². The Labute approximate surface area is 105 Å². The first kappa shape index (κ1) is 12.9. The molecule has 1 saturated heterocycles. The number of benzene rings is 1. The van der Waals surface area contributed by atoms with E-state index in [0.29, 0.717) is 13.1 Å². The summed E-state index contributed by atoms with van der Waals surface area (Å²) in [5.41, 5.74) is 1.09. The number of nitrogens with zero attached hydrogens (tertiary/aromatic N) is 1. The Balaban J connectivity index is 1.96. The standard InChI is InChI=1S/C12H16N2O4/c15-8-10-6-13(7-12(10)16)5-9-1-3-11(4-2-9)14(17)18/h1-4,10,12,15-16H,5-8H2/p+1/t10-,12?/m1/s1. The van der Waals surface area contributed by atoms with Gasteiger partial charge in [0.2, 0.25) is 0 Å². The van der Waals surface area contributed by atoms with Crippen molar-refractivity contribution in [2.75, 3.05) is 19.7 Å². The molecule has 1 aliphatic rings. The number of hydrogen-bond donors (Lipinski definition) is 3. The van der Waals surface area contributed by atoms with Gasteiger partial charge in [0, 0.05) is 17.7 Å². The number of nitrogens with one attached hydrogen (secondary N) is 1. The largest absolute Gasteiger partial charge is 0.396 e. The van der Waals surface area contributed by atoms with E-state index in [0.717, 1.165) is 12.1 Å². The highest BCUT2D eigenvalue weighted by Gasteiger charge is 2.34. The summed E-state index contributed by atoms with van der Waals surface area (Å²) in [7, 11) is 0. The Kier molecular flexibility index (Phi) is 3.90. The lowest BCUT2D eigenvalue weighted by Crippen LogP contribution is -3.09. The third-order valence-corrected chi connectivity index (χ3v) is 3.43. The topological polar surface area (TPSA) is 88.0 Å². The molecule has 3 N–H and O–H groups in total. The monoisotopic (exact) mass is 253 g/mol. The fraction of sp³-hybridized carbons (Fsp3) is 0.500. The third-order valence-electron chi connectivity index (χ3n) is 3.43. The number of aliphatic hydroxyl groups excluding tert-OH is 2. The van der Waals surface area contributed by atoms with Gasteiger partial charge in [0.25, 0.3) is 5.69 Å². The smallest absolute Gasteiger partial charge is 0.269 e. The fourth-order valence-corrected chi connectivity index (χ4v) is 2.41. The van der Waals surface area contributed by atoms with Crippen LogP contribution in [0.15, 0.2) is 24.3 Å². The number of likely N-dealkylation sites (tertiary alicyclic amines) is 1. The molecule has 3 atom stereocenters. The Morgan fingerprint density at radius 2 is 2.00 bits per heavy atom. The summed E-state index contributed by atoms with van der Waals surface area (Å²) in [6, 6.07) is 6.46. The maximum atomic E-state index is 10.5. The van der Waals surface area contributed by atoms with Gasteiger partial charge < -0.3 is 15.1 Å². The molecule has 0 bridgehead atoms. The van der Waals surface area contributed by atoms with E-state index >= 15 is 0 Å². The lowest BCUT2D eigenvalue weighted by Gasteiger charge is -2.12. The van der Waals surface area contributed by atoms with E-state index in [1.807, 2.05) is 0 Å². The summed E-state index contributed by atoms with van der Waals surface area (Å²) in [5, 5.41) is 29.3. The van der Waals surface area contributed by atoms with Crippen molar-refractivity contribution in [1.29, 1.82) is 0 Å². The predicted octanol–water partition coefficient (Wildman–Crippen LogP) is -1.04. The zero-order valence-corrected chi connectivity index (χ0v) is 9.95. The highest BCUT2D eigenvalue weighted by atomic mass is 16.6. The molecule has 0 amide bonds. The summed E-state index contributed by atoms with van der Waals surface area (Å²) < 4.78 is 0. The first-order chi connectivity index (χ1) is 8.60. The Bertz CT molecular complexity index is 421. The SMILES string of the molecule is O=[N+]([O-])c1ccc(C[NH+]2CC(O)[C@@H](CO)C2)cc1. The van der Waals surface area contributed by atoms with Crippen LogP contribution in [0.5, 0.6) is 0 Å². The summed E-state index contributed by atoms with van der Waals surface area (Å²) in [6.45, 7) is 2.06. The lowest BCUT2D eigenvalue weighted by molar-refractivity contribution is -0.904. The maximum Gasteiger partial charge on any atom is 0.269 e. The predicted molar refractivity (Wildman–Crippen MR) is 64.1 cm³/mol. The van der Waals surface area contributed by atoms with Crippen molar-refractivity contribution in [2.45, 2.75) is 12.6 Å². The minimum Gasteiger partial charge on any atom is -0.396 e. The summed E-state index contributed by atoms with van der Waals surface area (Å²) >= 11 is 0. The molecule has 0 aliphatic carbocycles. The molecular formula is C12H17N2O4+. The molecule has 1 aliphatic heterocycles. The van der Waals surface area contributed by atoms with Crippen molar-refractivity contribution < 1.29 is 20.0 Å². The van der Waals surface area contributed by atoms with Crippen LogP contribution in [0, 0.1) is 16.0 Å².